The first-order valence-electron chi connectivity index (χ1n) is 6.83. The van der Waals surface area contributed by atoms with Crippen molar-refractivity contribution in [2.24, 2.45) is 0 Å². The average Bonchev–Trinajstić information content (AvgIpc) is 2.72. The summed E-state index contributed by atoms with van der Waals surface area (Å²) >= 11 is 3.44. The first kappa shape index (κ1) is 16.9. The van der Waals surface area contributed by atoms with Crippen LogP contribution < -0.4 is 11.2 Å². The lowest BCUT2D eigenvalue weighted by Gasteiger charge is -2.22. The average molecular weight is 376 g/mol. The lowest BCUT2D eigenvalue weighted by Crippen LogP contribution is -2.37. The molecule has 1 aliphatic heterocycles. The van der Waals surface area contributed by atoms with Gasteiger partial charge in [-0.15, -0.1) is 0 Å². The standard InChI is InChI=1S/C13H18BrN3O5/c1-4-21-11(19)9-5-13(14,22-16(9)3)7-17-6-8(2)10(18)15-12(17)20/h6,9H,4-5,7H2,1-3H3,(H,15,18,20)/t9-,13+/m1/s1. The minimum Gasteiger partial charge on any atom is -0.465 e. The molecule has 1 aromatic heterocycles. The van der Waals surface area contributed by atoms with Gasteiger partial charge >= 0.3 is 11.7 Å². The Morgan fingerprint density at radius 3 is 2.91 bits per heavy atom. The molecule has 1 aliphatic rings. The first-order valence-corrected chi connectivity index (χ1v) is 7.63. The van der Waals surface area contributed by atoms with E-state index in [9.17, 15) is 14.4 Å². The van der Waals surface area contributed by atoms with Crippen molar-refractivity contribution in [2.45, 2.75) is 37.4 Å². The van der Waals surface area contributed by atoms with Crippen molar-refractivity contribution in [2.75, 3.05) is 13.7 Å². The summed E-state index contributed by atoms with van der Waals surface area (Å²) in [5.74, 6) is -0.378. The molecule has 0 aromatic carbocycles. The minimum atomic E-state index is -0.923. The zero-order valence-corrected chi connectivity index (χ0v) is 14.2. The fraction of sp³-hybridized carbons (Fsp3) is 0.615. The number of H-pyrrole nitrogens is 1. The highest BCUT2D eigenvalue weighted by Gasteiger charge is 2.46. The molecule has 0 unspecified atom stereocenters. The molecule has 9 heteroatoms. The van der Waals surface area contributed by atoms with Crippen molar-refractivity contribution in [1.82, 2.24) is 14.6 Å². The Bertz CT molecular complexity index is 685. The van der Waals surface area contributed by atoms with Crippen molar-refractivity contribution < 1.29 is 14.4 Å². The topological polar surface area (TPSA) is 93.6 Å². The van der Waals surface area contributed by atoms with Gasteiger partial charge in [-0.3, -0.25) is 24.0 Å². The number of hydrogen-bond acceptors (Lipinski definition) is 6. The molecule has 2 heterocycles. The molecule has 0 aliphatic carbocycles. The van der Waals surface area contributed by atoms with Gasteiger partial charge in [0.25, 0.3) is 5.56 Å². The second-order valence-corrected chi connectivity index (χ2v) is 6.64. The van der Waals surface area contributed by atoms with Crippen LogP contribution >= 0.6 is 15.9 Å². The zero-order chi connectivity index (χ0) is 16.5. The van der Waals surface area contributed by atoms with Crippen molar-refractivity contribution in [3.8, 4) is 0 Å². The van der Waals surface area contributed by atoms with Crippen LogP contribution in [0.1, 0.15) is 18.9 Å². The Balaban J connectivity index is 2.20. The van der Waals surface area contributed by atoms with Gasteiger partial charge in [0.1, 0.15) is 6.04 Å². The maximum absolute atomic E-state index is 11.9. The molecule has 0 bridgehead atoms. The van der Waals surface area contributed by atoms with Crippen LogP contribution in [-0.2, 0) is 20.9 Å². The van der Waals surface area contributed by atoms with E-state index in [-0.39, 0.29) is 19.1 Å². The molecule has 2 rings (SSSR count). The highest BCUT2D eigenvalue weighted by molar-refractivity contribution is 9.10. The Kier molecular flexibility index (Phi) is 4.88. The van der Waals surface area contributed by atoms with E-state index in [1.165, 1.54) is 15.8 Å². The summed E-state index contributed by atoms with van der Waals surface area (Å²) < 4.78 is 5.42. The summed E-state index contributed by atoms with van der Waals surface area (Å²) in [5.41, 5.74) is -0.525. The molecule has 1 aromatic rings. The van der Waals surface area contributed by atoms with E-state index in [0.29, 0.717) is 12.0 Å². The van der Waals surface area contributed by atoms with Crippen molar-refractivity contribution in [1.29, 1.82) is 0 Å². The van der Waals surface area contributed by atoms with E-state index in [4.69, 9.17) is 9.57 Å². The van der Waals surface area contributed by atoms with Gasteiger partial charge in [-0.2, -0.15) is 5.06 Å². The number of esters is 1. The second-order valence-electron chi connectivity index (χ2n) is 5.19. The Morgan fingerprint density at radius 1 is 1.59 bits per heavy atom. The number of hydrogen-bond donors (Lipinski definition) is 1. The first-order chi connectivity index (χ1) is 10.3. The third-order valence-corrected chi connectivity index (χ3v) is 4.12. The number of carbonyl (C=O) groups is 1. The fourth-order valence-electron chi connectivity index (χ4n) is 2.33. The van der Waals surface area contributed by atoms with Gasteiger partial charge in [0.2, 0.25) is 0 Å². The molecule has 0 amide bonds. The molecule has 0 radical (unpaired) electrons. The number of nitrogens with zero attached hydrogens (tertiary/aromatic N) is 2. The number of halogens is 1. The Labute approximate surface area is 135 Å². The quantitative estimate of drug-likeness (QED) is 0.594. The SMILES string of the molecule is CCOC(=O)[C@H]1C[C@@](Br)(Cn2cc(C)c(=O)[nH]c2=O)ON1C. The van der Waals surface area contributed by atoms with Gasteiger partial charge in [-0.25, -0.2) is 4.79 Å². The fourth-order valence-corrected chi connectivity index (χ4v) is 3.14. The lowest BCUT2D eigenvalue weighted by molar-refractivity contribution is -0.177. The predicted molar refractivity (Wildman–Crippen MR) is 81.6 cm³/mol. The van der Waals surface area contributed by atoms with Crippen molar-refractivity contribution >= 4 is 21.9 Å². The van der Waals surface area contributed by atoms with Gasteiger partial charge in [-0.1, -0.05) is 0 Å². The largest absolute Gasteiger partial charge is 0.465 e. The van der Waals surface area contributed by atoms with E-state index < -0.39 is 21.8 Å². The zero-order valence-electron chi connectivity index (χ0n) is 12.6. The van der Waals surface area contributed by atoms with Crippen LogP contribution in [0.4, 0.5) is 0 Å². The molecule has 8 nitrogen and oxygen atoms in total. The summed E-state index contributed by atoms with van der Waals surface area (Å²) in [4.78, 5) is 43.0. The number of hydroxylamine groups is 2. The van der Waals surface area contributed by atoms with Gasteiger partial charge in [0.05, 0.1) is 13.2 Å². The van der Waals surface area contributed by atoms with Gasteiger partial charge in [-0.05, 0) is 29.8 Å². The number of likely N-dealkylation sites (N-methyl/N-ethyl adjacent to an activating group) is 1. The van der Waals surface area contributed by atoms with Gasteiger partial charge in [0.15, 0.2) is 4.51 Å². The molecule has 0 saturated carbocycles. The van der Waals surface area contributed by atoms with Crippen LogP contribution in [0.15, 0.2) is 15.8 Å². The van der Waals surface area contributed by atoms with E-state index in [0.717, 1.165) is 0 Å². The summed E-state index contributed by atoms with van der Waals surface area (Å²) in [6.45, 7) is 3.78. The number of ether oxygens (including phenoxy) is 1. The molecule has 1 N–H and O–H groups in total. The number of nitrogens with one attached hydrogen (secondary N) is 1. The van der Waals surface area contributed by atoms with Crippen LogP contribution in [-0.4, -0.2) is 44.8 Å². The van der Waals surface area contributed by atoms with Gasteiger partial charge in [0, 0.05) is 25.2 Å². The van der Waals surface area contributed by atoms with Crippen molar-refractivity contribution in [3.63, 3.8) is 0 Å². The molecule has 22 heavy (non-hydrogen) atoms. The number of alkyl halides is 1. The molecule has 122 valence electrons. The second kappa shape index (κ2) is 6.35. The maximum Gasteiger partial charge on any atom is 0.328 e. The molecule has 1 saturated heterocycles. The van der Waals surface area contributed by atoms with Crippen LogP contribution in [0.3, 0.4) is 0 Å². The molecule has 0 spiro atoms. The normalized spacial score (nSPS) is 25.4. The van der Waals surface area contributed by atoms with Crippen LogP contribution in [0, 0.1) is 6.92 Å². The smallest absolute Gasteiger partial charge is 0.328 e. The summed E-state index contributed by atoms with van der Waals surface area (Å²) in [6, 6.07) is -0.557. The Morgan fingerprint density at radius 2 is 2.27 bits per heavy atom. The van der Waals surface area contributed by atoms with Crippen LogP contribution in [0.5, 0.6) is 0 Å². The number of carbonyl (C=O) groups excluding carboxylic acids is 1. The van der Waals surface area contributed by atoms with Crippen LogP contribution in [0.25, 0.3) is 0 Å². The highest BCUT2D eigenvalue weighted by Crippen LogP contribution is 2.37. The van der Waals surface area contributed by atoms with E-state index in [2.05, 4.69) is 20.9 Å². The lowest BCUT2D eigenvalue weighted by atomic mass is 10.1. The summed E-state index contributed by atoms with van der Waals surface area (Å²) in [5, 5.41) is 1.41. The Hall–Kier alpha value is -1.45. The maximum atomic E-state index is 11.9. The third-order valence-electron chi connectivity index (χ3n) is 3.40. The monoisotopic (exact) mass is 375 g/mol. The molecular weight excluding hydrogens is 358 g/mol. The highest BCUT2D eigenvalue weighted by atomic mass is 79.9. The minimum absolute atomic E-state index is 0.143. The van der Waals surface area contributed by atoms with E-state index >= 15 is 0 Å². The third kappa shape index (κ3) is 3.47. The predicted octanol–water partition coefficient (Wildman–Crippen LogP) is 0.135. The number of rotatable bonds is 4. The van der Waals surface area contributed by atoms with Crippen molar-refractivity contribution in [3.05, 3.63) is 32.6 Å². The van der Waals surface area contributed by atoms with Gasteiger partial charge < -0.3 is 4.74 Å². The number of aromatic amines is 1. The molecular formula is C13H18BrN3O5. The number of aromatic nitrogens is 2. The van der Waals surface area contributed by atoms with E-state index in [1.807, 2.05) is 0 Å². The summed E-state index contributed by atoms with van der Waals surface area (Å²) in [6.07, 6.45) is 1.78. The molecule has 1 fully saturated rings. The number of aryl methyl sites for hydroxylation is 1. The molecule has 2 atom stereocenters. The summed E-state index contributed by atoms with van der Waals surface area (Å²) in [7, 11) is 1.63. The van der Waals surface area contributed by atoms with E-state index in [1.54, 1.807) is 20.9 Å². The van der Waals surface area contributed by atoms with Crippen LogP contribution in [0.2, 0.25) is 0 Å².